The van der Waals surface area contributed by atoms with Crippen LogP contribution in [0.15, 0.2) is 66.7 Å². The van der Waals surface area contributed by atoms with Gasteiger partial charge >= 0.3 is 0 Å². The number of carbonyl (C=O) groups excluding carboxylic acids is 2. The van der Waals surface area contributed by atoms with Gasteiger partial charge in [-0.3, -0.25) is 9.59 Å². The van der Waals surface area contributed by atoms with E-state index in [1.54, 1.807) is 60.7 Å². The number of aryl methyl sites for hydroxylation is 1. The molecule has 0 bridgehead atoms. The molecule has 1 aliphatic rings. The largest absolute Gasteiger partial charge is 0.508 e. The third-order valence-electron chi connectivity index (χ3n) is 5.70. The van der Waals surface area contributed by atoms with Crippen molar-refractivity contribution in [3.8, 4) is 5.75 Å². The molecule has 34 heavy (non-hydrogen) atoms. The molecular weight excluding hydrogens is 471 g/mol. The molecular formula is C27H28Cl2N2O3. The Morgan fingerprint density at radius 1 is 1.00 bits per heavy atom. The van der Waals surface area contributed by atoms with Crippen molar-refractivity contribution in [1.82, 2.24) is 5.32 Å². The molecule has 0 spiro atoms. The molecule has 0 aliphatic carbocycles. The van der Waals surface area contributed by atoms with Crippen LogP contribution in [0.3, 0.4) is 0 Å². The predicted octanol–water partition coefficient (Wildman–Crippen LogP) is 6.63. The lowest BCUT2D eigenvalue weighted by Crippen LogP contribution is -2.47. The van der Waals surface area contributed by atoms with Crippen LogP contribution in [0, 0.1) is 12.8 Å². The first-order chi connectivity index (χ1) is 16.3. The standard InChI is InChI=1S/C25H22Cl2N2O3.C2H6/c1-14-8-9-21(30)20(10-14)24-23(25(32)28-18-7-3-6-17(27)12-18)19(13-22(31)29-24)15-4-2-5-16(26)11-15;1-2/h2-12,19,23-24,30H,13H2,1H3,(H,28,32)(H,29,31);1-2H3/t19-,23?,24+;/m0./s1. The van der Waals surface area contributed by atoms with Gasteiger partial charge in [-0.05, 0) is 48.9 Å². The summed E-state index contributed by atoms with van der Waals surface area (Å²) in [6.45, 7) is 5.89. The minimum atomic E-state index is -0.723. The van der Waals surface area contributed by atoms with Crippen molar-refractivity contribution in [2.75, 3.05) is 5.32 Å². The van der Waals surface area contributed by atoms with Gasteiger partial charge in [-0.1, -0.05) is 72.9 Å². The zero-order chi connectivity index (χ0) is 24.8. The molecule has 3 aromatic rings. The van der Waals surface area contributed by atoms with Crippen molar-refractivity contribution in [2.24, 2.45) is 5.92 Å². The fraction of sp³-hybridized carbons (Fsp3) is 0.259. The molecule has 0 saturated carbocycles. The Bertz CT molecular complexity index is 1180. The van der Waals surface area contributed by atoms with E-state index in [1.807, 2.05) is 26.8 Å². The Kier molecular flexibility index (Phi) is 8.59. The molecule has 4 rings (SSSR count). The summed E-state index contributed by atoms with van der Waals surface area (Å²) >= 11 is 12.3. The van der Waals surface area contributed by atoms with Crippen LogP contribution in [0.5, 0.6) is 5.75 Å². The van der Waals surface area contributed by atoms with Crippen molar-refractivity contribution in [1.29, 1.82) is 0 Å². The molecule has 1 saturated heterocycles. The first-order valence-corrected chi connectivity index (χ1v) is 12.0. The van der Waals surface area contributed by atoms with Crippen LogP contribution in [0.1, 0.15) is 48.9 Å². The highest BCUT2D eigenvalue weighted by Crippen LogP contribution is 2.43. The van der Waals surface area contributed by atoms with E-state index in [0.29, 0.717) is 21.3 Å². The van der Waals surface area contributed by atoms with E-state index < -0.39 is 17.9 Å². The van der Waals surface area contributed by atoms with Crippen molar-refractivity contribution in [2.45, 2.75) is 39.2 Å². The highest BCUT2D eigenvalue weighted by Gasteiger charge is 2.43. The Morgan fingerprint density at radius 2 is 1.68 bits per heavy atom. The summed E-state index contributed by atoms with van der Waals surface area (Å²) in [5.74, 6) is -1.60. The number of nitrogens with one attached hydrogen (secondary N) is 2. The molecule has 3 N–H and O–H groups in total. The van der Waals surface area contributed by atoms with E-state index in [4.69, 9.17) is 23.2 Å². The van der Waals surface area contributed by atoms with Crippen LogP contribution < -0.4 is 10.6 Å². The van der Waals surface area contributed by atoms with Crippen LogP contribution >= 0.6 is 23.2 Å². The van der Waals surface area contributed by atoms with Gasteiger partial charge in [-0.15, -0.1) is 0 Å². The second-order valence-corrected chi connectivity index (χ2v) is 8.87. The van der Waals surface area contributed by atoms with E-state index in [1.165, 1.54) is 0 Å². The quantitative estimate of drug-likeness (QED) is 0.377. The molecule has 2 amide bonds. The summed E-state index contributed by atoms with van der Waals surface area (Å²) in [5, 5.41) is 17.5. The van der Waals surface area contributed by atoms with Crippen LogP contribution in [0.25, 0.3) is 0 Å². The van der Waals surface area contributed by atoms with E-state index in [0.717, 1.165) is 11.1 Å². The maximum absolute atomic E-state index is 13.6. The average Bonchev–Trinajstić information content (AvgIpc) is 2.81. The lowest BCUT2D eigenvalue weighted by Gasteiger charge is -2.38. The Balaban J connectivity index is 0.00000158. The molecule has 0 radical (unpaired) electrons. The summed E-state index contributed by atoms with van der Waals surface area (Å²) < 4.78 is 0. The molecule has 178 valence electrons. The van der Waals surface area contributed by atoms with Crippen LogP contribution in [-0.2, 0) is 9.59 Å². The van der Waals surface area contributed by atoms with Crippen LogP contribution in [-0.4, -0.2) is 16.9 Å². The minimum Gasteiger partial charge on any atom is -0.508 e. The SMILES string of the molecule is CC.Cc1ccc(O)c([C@H]2NC(=O)C[C@@H](c3cccc(Cl)c3)C2C(=O)Nc2cccc(Cl)c2)c1. The number of aromatic hydroxyl groups is 1. The number of phenolic OH excluding ortho intramolecular Hbond substituents is 1. The van der Waals surface area contributed by atoms with Gasteiger partial charge in [0.25, 0.3) is 0 Å². The highest BCUT2D eigenvalue weighted by atomic mass is 35.5. The molecule has 1 fully saturated rings. The molecule has 0 aromatic heterocycles. The van der Waals surface area contributed by atoms with Crippen LogP contribution in [0.4, 0.5) is 5.69 Å². The van der Waals surface area contributed by atoms with Gasteiger partial charge in [0.2, 0.25) is 11.8 Å². The maximum atomic E-state index is 13.6. The fourth-order valence-electron chi connectivity index (χ4n) is 4.26. The molecule has 5 nitrogen and oxygen atoms in total. The average molecular weight is 499 g/mol. The Hall–Kier alpha value is -3.02. The second kappa shape index (κ2) is 11.4. The molecule has 3 aromatic carbocycles. The fourth-order valence-corrected chi connectivity index (χ4v) is 4.65. The van der Waals surface area contributed by atoms with Gasteiger partial charge in [-0.25, -0.2) is 0 Å². The smallest absolute Gasteiger partial charge is 0.230 e. The summed E-state index contributed by atoms with van der Waals surface area (Å²) in [4.78, 5) is 26.3. The monoisotopic (exact) mass is 498 g/mol. The zero-order valence-corrected chi connectivity index (χ0v) is 20.8. The number of hydrogen-bond donors (Lipinski definition) is 3. The van der Waals surface area contributed by atoms with Gasteiger partial charge in [0.15, 0.2) is 0 Å². The lowest BCUT2D eigenvalue weighted by molar-refractivity contribution is -0.129. The molecule has 1 unspecified atom stereocenters. The topological polar surface area (TPSA) is 78.4 Å². The van der Waals surface area contributed by atoms with E-state index in [-0.39, 0.29) is 24.0 Å². The maximum Gasteiger partial charge on any atom is 0.230 e. The normalized spacial score (nSPS) is 19.4. The summed E-state index contributed by atoms with van der Waals surface area (Å²) in [7, 11) is 0. The Morgan fingerprint density at radius 3 is 2.35 bits per heavy atom. The van der Waals surface area contributed by atoms with Gasteiger partial charge in [0.1, 0.15) is 5.75 Å². The summed E-state index contributed by atoms with van der Waals surface area (Å²) in [6.07, 6.45) is 0.122. The van der Waals surface area contributed by atoms with E-state index >= 15 is 0 Å². The van der Waals surface area contributed by atoms with Gasteiger partial charge in [-0.2, -0.15) is 0 Å². The number of benzene rings is 3. The molecule has 3 atom stereocenters. The van der Waals surface area contributed by atoms with Crippen molar-refractivity contribution in [3.05, 3.63) is 93.5 Å². The molecule has 7 heteroatoms. The summed E-state index contributed by atoms with van der Waals surface area (Å²) in [6, 6.07) is 18.5. The second-order valence-electron chi connectivity index (χ2n) is 8.00. The number of halogens is 2. The highest BCUT2D eigenvalue weighted by molar-refractivity contribution is 6.31. The first-order valence-electron chi connectivity index (χ1n) is 11.2. The number of piperidine rings is 1. The van der Waals surface area contributed by atoms with Gasteiger partial charge in [0.05, 0.1) is 12.0 Å². The molecule has 1 aliphatic heterocycles. The first kappa shape index (κ1) is 25.6. The minimum absolute atomic E-state index is 0.0215. The third kappa shape index (κ3) is 5.91. The Labute approximate surface area is 210 Å². The van der Waals surface area contributed by atoms with E-state index in [2.05, 4.69) is 10.6 Å². The number of anilines is 1. The molecule has 1 heterocycles. The number of amides is 2. The predicted molar refractivity (Wildman–Crippen MR) is 137 cm³/mol. The van der Waals surface area contributed by atoms with Crippen molar-refractivity contribution < 1.29 is 14.7 Å². The van der Waals surface area contributed by atoms with Crippen molar-refractivity contribution >= 4 is 40.7 Å². The number of hydrogen-bond acceptors (Lipinski definition) is 3. The van der Waals surface area contributed by atoms with Crippen molar-refractivity contribution in [3.63, 3.8) is 0 Å². The van der Waals surface area contributed by atoms with Gasteiger partial charge < -0.3 is 15.7 Å². The summed E-state index contributed by atoms with van der Waals surface area (Å²) in [5.41, 5.74) is 2.74. The zero-order valence-electron chi connectivity index (χ0n) is 19.3. The van der Waals surface area contributed by atoms with E-state index in [9.17, 15) is 14.7 Å². The third-order valence-corrected chi connectivity index (χ3v) is 6.17. The van der Waals surface area contributed by atoms with Gasteiger partial charge in [0, 0.05) is 33.6 Å². The number of rotatable bonds is 4. The number of carbonyl (C=O) groups is 2. The van der Waals surface area contributed by atoms with Crippen LogP contribution in [0.2, 0.25) is 10.0 Å². The lowest BCUT2D eigenvalue weighted by atomic mass is 9.73. The number of phenols is 1.